The van der Waals surface area contributed by atoms with Crippen molar-refractivity contribution < 1.29 is 4.79 Å². The second-order valence-electron chi connectivity index (χ2n) is 5.25. The van der Waals surface area contributed by atoms with Crippen molar-refractivity contribution in [2.45, 2.75) is 47.5 Å². The maximum Gasteiger partial charge on any atom is 0.159 e. The van der Waals surface area contributed by atoms with Gasteiger partial charge in [-0.3, -0.25) is 4.79 Å². The Hall–Kier alpha value is -0.590. The van der Waals surface area contributed by atoms with Gasteiger partial charge in [0.1, 0.15) is 0 Å². The minimum Gasteiger partial charge on any atom is -0.295 e. The van der Waals surface area contributed by atoms with Crippen molar-refractivity contribution in [3.05, 3.63) is 11.1 Å². The predicted molar refractivity (Wildman–Crippen MR) is 55.6 cm³/mol. The molecule has 1 rings (SSSR count). The lowest BCUT2D eigenvalue weighted by Crippen LogP contribution is -2.26. The summed E-state index contributed by atoms with van der Waals surface area (Å²) in [5.41, 5.74) is 2.56. The van der Waals surface area contributed by atoms with Crippen LogP contribution in [0.5, 0.6) is 0 Å². The van der Waals surface area contributed by atoms with Crippen LogP contribution in [0.4, 0.5) is 0 Å². The molecule has 0 aromatic heterocycles. The summed E-state index contributed by atoms with van der Waals surface area (Å²) in [5.74, 6) is 0.864. The molecule has 0 atom stereocenters. The van der Waals surface area contributed by atoms with Gasteiger partial charge in [-0.25, -0.2) is 0 Å². The Labute approximate surface area is 81.2 Å². The van der Waals surface area contributed by atoms with E-state index >= 15 is 0 Å². The highest BCUT2D eigenvalue weighted by Gasteiger charge is 2.31. The molecular weight excluding hydrogens is 160 g/mol. The monoisotopic (exact) mass is 180 g/mol. The van der Waals surface area contributed by atoms with Crippen LogP contribution in [0, 0.1) is 11.3 Å². The molecule has 0 fully saturated rings. The Balaban J connectivity index is 3.03. The van der Waals surface area contributed by atoms with E-state index < -0.39 is 0 Å². The molecule has 0 radical (unpaired) electrons. The fraction of sp³-hybridized carbons (Fsp3) is 0.750. The Morgan fingerprint density at radius 3 is 2.23 bits per heavy atom. The first kappa shape index (κ1) is 10.5. The van der Waals surface area contributed by atoms with Gasteiger partial charge in [-0.1, -0.05) is 33.3 Å². The van der Waals surface area contributed by atoms with Crippen molar-refractivity contribution in [2.75, 3.05) is 0 Å². The molecule has 0 heterocycles. The number of hydrogen-bond donors (Lipinski definition) is 0. The summed E-state index contributed by atoms with van der Waals surface area (Å²) >= 11 is 0. The third-order valence-electron chi connectivity index (χ3n) is 2.90. The molecular formula is C12H20O. The van der Waals surface area contributed by atoms with Crippen LogP contribution in [0.3, 0.4) is 0 Å². The second kappa shape index (κ2) is 3.28. The van der Waals surface area contributed by atoms with Gasteiger partial charge >= 0.3 is 0 Å². The van der Waals surface area contributed by atoms with Crippen LogP contribution in [-0.4, -0.2) is 5.78 Å². The molecule has 0 saturated heterocycles. The second-order valence-corrected chi connectivity index (χ2v) is 5.25. The zero-order chi connectivity index (χ0) is 10.2. The molecule has 74 valence electrons. The van der Waals surface area contributed by atoms with Gasteiger partial charge in [-0.2, -0.15) is 0 Å². The number of rotatable bonds is 1. The van der Waals surface area contributed by atoms with Gasteiger partial charge in [0.2, 0.25) is 0 Å². The lowest BCUT2D eigenvalue weighted by molar-refractivity contribution is -0.118. The maximum atomic E-state index is 11.7. The highest BCUT2D eigenvalue weighted by atomic mass is 16.1. The van der Waals surface area contributed by atoms with Crippen LogP contribution >= 0.6 is 0 Å². The minimum absolute atomic E-state index is 0.177. The van der Waals surface area contributed by atoms with E-state index in [1.54, 1.807) is 0 Å². The quantitative estimate of drug-likeness (QED) is 0.605. The number of carbonyl (C=O) groups is 1. The molecule has 0 bridgehead atoms. The summed E-state index contributed by atoms with van der Waals surface area (Å²) in [6, 6.07) is 0. The maximum absolute atomic E-state index is 11.7. The predicted octanol–water partition coefficient (Wildman–Crippen LogP) is 3.35. The topological polar surface area (TPSA) is 17.1 Å². The average molecular weight is 180 g/mol. The summed E-state index contributed by atoms with van der Waals surface area (Å²) in [4.78, 5) is 11.7. The summed E-state index contributed by atoms with van der Waals surface area (Å²) in [7, 11) is 0. The van der Waals surface area contributed by atoms with E-state index in [4.69, 9.17) is 0 Å². The molecule has 1 aliphatic carbocycles. The van der Waals surface area contributed by atoms with Crippen LogP contribution in [-0.2, 0) is 4.79 Å². The van der Waals surface area contributed by atoms with E-state index in [-0.39, 0.29) is 5.41 Å². The number of allylic oxidation sites excluding steroid dienone is 2. The van der Waals surface area contributed by atoms with Gasteiger partial charge in [0, 0.05) is 6.42 Å². The highest BCUT2D eigenvalue weighted by Crippen LogP contribution is 2.39. The normalized spacial score (nSPS) is 22.8. The van der Waals surface area contributed by atoms with Crippen LogP contribution in [0.25, 0.3) is 0 Å². The first-order valence-electron chi connectivity index (χ1n) is 5.06. The first-order valence-corrected chi connectivity index (χ1v) is 5.06. The fourth-order valence-corrected chi connectivity index (χ4v) is 2.09. The van der Waals surface area contributed by atoms with Crippen molar-refractivity contribution in [2.24, 2.45) is 11.3 Å². The summed E-state index contributed by atoms with van der Waals surface area (Å²) < 4.78 is 0. The largest absolute Gasteiger partial charge is 0.295 e. The molecule has 0 aromatic carbocycles. The zero-order valence-corrected chi connectivity index (χ0v) is 9.40. The Kier molecular flexibility index (Phi) is 2.65. The van der Waals surface area contributed by atoms with Crippen LogP contribution in [0.2, 0.25) is 0 Å². The molecule has 0 amide bonds. The standard InChI is InChI=1S/C12H20O/c1-8(2)10-6-12(4,5)7-11(13)9(10)3/h8H,6-7H2,1-5H3. The Morgan fingerprint density at radius 1 is 1.23 bits per heavy atom. The van der Waals surface area contributed by atoms with Crippen molar-refractivity contribution in [3.63, 3.8) is 0 Å². The molecule has 0 unspecified atom stereocenters. The number of ketones is 1. The summed E-state index contributed by atoms with van der Waals surface area (Å²) in [5, 5.41) is 0. The van der Waals surface area contributed by atoms with Gasteiger partial charge < -0.3 is 0 Å². The lowest BCUT2D eigenvalue weighted by Gasteiger charge is -2.33. The third kappa shape index (κ3) is 2.20. The molecule has 0 aromatic rings. The Morgan fingerprint density at radius 2 is 1.77 bits per heavy atom. The van der Waals surface area contributed by atoms with Gasteiger partial charge in [-0.05, 0) is 30.3 Å². The minimum atomic E-state index is 0.177. The Bertz CT molecular complexity index is 256. The molecule has 1 aliphatic rings. The van der Waals surface area contributed by atoms with Crippen molar-refractivity contribution >= 4 is 5.78 Å². The number of carbonyl (C=O) groups excluding carboxylic acids is 1. The SMILES string of the molecule is CC1=C(C(C)C)CC(C)(C)CC1=O. The van der Waals surface area contributed by atoms with E-state index in [2.05, 4.69) is 27.7 Å². The average Bonchev–Trinajstić information content (AvgIpc) is 1.95. The molecule has 0 saturated carbocycles. The van der Waals surface area contributed by atoms with Crippen molar-refractivity contribution in [3.8, 4) is 0 Å². The van der Waals surface area contributed by atoms with Crippen LogP contribution in [0.15, 0.2) is 11.1 Å². The van der Waals surface area contributed by atoms with Gasteiger partial charge in [0.05, 0.1) is 0 Å². The van der Waals surface area contributed by atoms with E-state index in [0.29, 0.717) is 11.7 Å². The van der Waals surface area contributed by atoms with Crippen LogP contribution in [0.1, 0.15) is 47.5 Å². The molecule has 1 heteroatoms. The molecule has 0 spiro atoms. The van der Waals surface area contributed by atoms with E-state index in [9.17, 15) is 4.79 Å². The summed E-state index contributed by atoms with van der Waals surface area (Å²) in [6.45, 7) is 10.7. The van der Waals surface area contributed by atoms with E-state index in [1.807, 2.05) is 6.92 Å². The smallest absolute Gasteiger partial charge is 0.159 e. The fourth-order valence-electron chi connectivity index (χ4n) is 2.09. The number of hydrogen-bond acceptors (Lipinski definition) is 1. The third-order valence-corrected chi connectivity index (χ3v) is 2.90. The van der Waals surface area contributed by atoms with Crippen LogP contribution < -0.4 is 0 Å². The lowest BCUT2D eigenvalue weighted by atomic mass is 9.71. The van der Waals surface area contributed by atoms with Crippen molar-refractivity contribution in [1.82, 2.24) is 0 Å². The molecule has 0 aliphatic heterocycles. The summed E-state index contributed by atoms with van der Waals surface area (Å²) in [6.07, 6.45) is 1.80. The highest BCUT2D eigenvalue weighted by molar-refractivity contribution is 5.97. The molecule has 13 heavy (non-hydrogen) atoms. The first-order chi connectivity index (χ1) is 5.83. The van der Waals surface area contributed by atoms with Crippen molar-refractivity contribution in [1.29, 1.82) is 0 Å². The van der Waals surface area contributed by atoms with E-state index in [0.717, 1.165) is 18.4 Å². The van der Waals surface area contributed by atoms with E-state index in [1.165, 1.54) is 5.57 Å². The zero-order valence-electron chi connectivity index (χ0n) is 9.40. The molecule has 1 nitrogen and oxygen atoms in total. The molecule has 0 N–H and O–H groups in total. The van der Waals surface area contributed by atoms with Gasteiger partial charge in [0.25, 0.3) is 0 Å². The van der Waals surface area contributed by atoms with Gasteiger partial charge in [0.15, 0.2) is 5.78 Å². The van der Waals surface area contributed by atoms with Gasteiger partial charge in [-0.15, -0.1) is 0 Å². The number of Topliss-reactive ketones (excluding diaryl/α,β-unsaturated/α-hetero) is 1.